The van der Waals surface area contributed by atoms with Crippen LogP contribution in [-0.4, -0.2) is 0 Å². The molecular formula is C13H8BrCl2FO. The molecule has 0 N–H and O–H groups in total. The topological polar surface area (TPSA) is 9.23 Å². The first-order chi connectivity index (χ1) is 8.54. The molecule has 5 heteroatoms. The van der Waals surface area contributed by atoms with Crippen LogP contribution in [-0.2, 0) is 6.61 Å². The van der Waals surface area contributed by atoms with Gasteiger partial charge >= 0.3 is 0 Å². The average molecular weight is 350 g/mol. The monoisotopic (exact) mass is 348 g/mol. The molecule has 0 radical (unpaired) electrons. The van der Waals surface area contributed by atoms with Crippen molar-refractivity contribution >= 4 is 39.1 Å². The van der Waals surface area contributed by atoms with Crippen LogP contribution < -0.4 is 4.74 Å². The number of ether oxygens (including phenoxy) is 1. The summed E-state index contributed by atoms with van der Waals surface area (Å²) >= 11 is 15.0. The van der Waals surface area contributed by atoms with E-state index in [0.717, 1.165) is 0 Å². The van der Waals surface area contributed by atoms with Crippen molar-refractivity contribution in [3.05, 3.63) is 62.3 Å². The van der Waals surface area contributed by atoms with Crippen molar-refractivity contribution in [2.45, 2.75) is 6.61 Å². The minimum Gasteiger partial charge on any atom is -0.487 e. The van der Waals surface area contributed by atoms with Gasteiger partial charge in [0.2, 0.25) is 0 Å². The molecule has 0 aliphatic rings. The molecule has 0 aromatic heterocycles. The Bertz CT molecular complexity index is 555. The Kier molecular flexibility index (Phi) is 4.49. The summed E-state index contributed by atoms with van der Waals surface area (Å²) < 4.78 is 19.3. The Morgan fingerprint density at radius 3 is 2.61 bits per heavy atom. The Hall–Kier alpha value is -0.770. The van der Waals surface area contributed by atoms with Crippen LogP contribution in [0.3, 0.4) is 0 Å². The van der Waals surface area contributed by atoms with Crippen molar-refractivity contribution < 1.29 is 9.13 Å². The minimum atomic E-state index is -0.319. The van der Waals surface area contributed by atoms with E-state index in [-0.39, 0.29) is 12.4 Å². The highest BCUT2D eigenvalue weighted by atomic mass is 79.9. The van der Waals surface area contributed by atoms with E-state index >= 15 is 0 Å². The molecule has 0 spiro atoms. The van der Waals surface area contributed by atoms with Crippen molar-refractivity contribution in [2.24, 2.45) is 0 Å². The molecule has 0 heterocycles. The summed E-state index contributed by atoms with van der Waals surface area (Å²) in [5, 5.41) is 1.00. The van der Waals surface area contributed by atoms with Gasteiger partial charge in [0.25, 0.3) is 0 Å². The van der Waals surface area contributed by atoms with E-state index in [9.17, 15) is 4.39 Å². The highest BCUT2D eigenvalue weighted by Gasteiger charge is 2.04. The van der Waals surface area contributed by atoms with Crippen LogP contribution in [0.15, 0.2) is 40.9 Å². The maximum absolute atomic E-state index is 13.2. The van der Waals surface area contributed by atoms with Crippen LogP contribution in [0.4, 0.5) is 4.39 Å². The minimum absolute atomic E-state index is 0.219. The Morgan fingerprint density at radius 1 is 1.11 bits per heavy atom. The smallest absolute Gasteiger partial charge is 0.139 e. The summed E-state index contributed by atoms with van der Waals surface area (Å²) in [5.74, 6) is 0.157. The third kappa shape index (κ3) is 3.61. The van der Waals surface area contributed by atoms with Crippen LogP contribution in [0, 0.1) is 5.82 Å². The predicted molar refractivity (Wildman–Crippen MR) is 74.9 cm³/mol. The van der Waals surface area contributed by atoms with Gasteiger partial charge in [0, 0.05) is 15.6 Å². The van der Waals surface area contributed by atoms with Crippen LogP contribution in [0.1, 0.15) is 5.56 Å². The third-order valence-corrected chi connectivity index (χ3v) is 3.22. The summed E-state index contributed by atoms with van der Waals surface area (Å²) in [6, 6.07) is 9.52. The highest BCUT2D eigenvalue weighted by Crippen LogP contribution is 2.28. The summed E-state index contributed by atoms with van der Waals surface area (Å²) in [4.78, 5) is 0. The van der Waals surface area contributed by atoms with Crippen LogP contribution in [0.25, 0.3) is 0 Å². The zero-order valence-electron chi connectivity index (χ0n) is 9.09. The summed E-state index contributed by atoms with van der Waals surface area (Å²) in [7, 11) is 0. The molecule has 0 aliphatic heterocycles. The van der Waals surface area contributed by atoms with Crippen molar-refractivity contribution in [2.75, 3.05) is 0 Å². The largest absolute Gasteiger partial charge is 0.487 e. The molecule has 94 valence electrons. The lowest BCUT2D eigenvalue weighted by Gasteiger charge is -2.09. The van der Waals surface area contributed by atoms with Gasteiger partial charge in [0.05, 0.1) is 5.02 Å². The lowest BCUT2D eigenvalue weighted by Crippen LogP contribution is -1.96. The molecule has 2 aromatic carbocycles. The van der Waals surface area contributed by atoms with Gasteiger partial charge in [-0.15, -0.1) is 0 Å². The van der Waals surface area contributed by atoms with Gasteiger partial charge in [-0.1, -0.05) is 39.1 Å². The first kappa shape index (κ1) is 13.7. The number of halogens is 4. The van der Waals surface area contributed by atoms with E-state index in [4.69, 9.17) is 27.9 Å². The van der Waals surface area contributed by atoms with E-state index in [1.807, 2.05) is 0 Å². The Labute approximate surface area is 123 Å². The van der Waals surface area contributed by atoms with Gasteiger partial charge in [0.15, 0.2) is 0 Å². The average Bonchev–Trinajstić information content (AvgIpc) is 2.29. The first-order valence-corrected chi connectivity index (χ1v) is 6.62. The maximum atomic E-state index is 13.2. The zero-order valence-corrected chi connectivity index (χ0v) is 12.2. The Morgan fingerprint density at radius 2 is 1.89 bits per heavy atom. The molecule has 0 amide bonds. The normalized spacial score (nSPS) is 10.4. The van der Waals surface area contributed by atoms with Crippen molar-refractivity contribution in [1.29, 1.82) is 0 Å². The molecule has 0 saturated heterocycles. The van der Waals surface area contributed by atoms with Gasteiger partial charge in [-0.3, -0.25) is 0 Å². The fourth-order valence-electron chi connectivity index (χ4n) is 1.44. The summed E-state index contributed by atoms with van der Waals surface area (Å²) in [5.41, 5.74) is 0.706. The van der Waals surface area contributed by atoms with Crippen LogP contribution >= 0.6 is 39.1 Å². The molecule has 2 rings (SSSR count). The van der Waals surface area contributed by atoms with E-state index in [2.05, 4.69) is 15.9 Å². The maximum Gasteiger partial charge on any atom is 0.139 e. The van der Waals surface area contributed by atoms with Crippen LogP contribution in [0.5, 0.6) is 5.75 Å². The third-order valence-electron chi connectivity index (χ3n) is 2.21. The molecule has 0 unspecified atom stereocenters. The first-order valence-electron chi connectivity index (χ1n) is 5.07. The molecule has 1 nitrogen and oxygen atoms in total. The standard InChI is InChI=1S/C13H8BrCl2FO/c14-9-3-8(4-11(17)5-9)7-18-13-6-10(15)1-2-12(13)16/h1-6H,7H2. The molecule has 0 saturated carbocycles. The fraction of sp³-hybridized carbons (Fsp3) is 0.0769. The van der Waals surface area contributed by atoms with Crippen LogP contribution in [0.2, 0.25) is 10.0 Å². The molecule has 0 atom stereocenters. The number of rotatable bonds is 3. The molecular weight excluding hydrogens is 342 g/mol. The second-order valence-electron chi connectivity index (χ2n) is 3.64. The summed E-state index contributed by atoms with van der Waals surface area (Å²) in [6.07, 6.45) is 0. The SMILES string of the molecule is Fc1cc(Br)cc(COc2cc(Cl)ccc2Cl)c1. The fourth-order valence-corrected chi connectivity index (χ4v) is 2.29. The zero-order chi connectivity index (χ0) is 13.1. The second-order valence-corrected chi connectivity index (χ2v) is 5.40. The molecule has 0 bridgehead atoms. The lowest BCUT2D eigenvalue weighted by atomic mass is 10.2. The van der Waals surface area contributed by atoms with E-state index in [1.54, 1.807) is 24.3 Å². The van der Waals surface area contributed by atoms with Gasteiger partial charge in [-0.05, 0) is 35.9 Å². The van der Waals surface area contributed by atoms with Gasteiger partial charge < -0.3 is 4.74 Å². The molecule has 2 aromatic rings. The quantitative estimate of drug-likeness (QED) is 0.713. The molecule has 0 fully saturated rings. The molecule has 0 aliphatic carbocycles. The van der Waals surface area contributed by atoms with Gasteiger partial charge in [0.1, 0.15) is 18.2 Å². The Balaban J connectivity index is 2.13. The van der Waals surface area contributed by atoms with Crippen molar-refractivity contribution in [3.63, 3.8) is 0 Å². The highest BCUT2D eigenvalue weighted by molar-refractivity contribution is 9.10. The number of benzene rings is 2. The lowest BCUT2D eigenvalue weighted by molar-refractivity contribution is 0.305. The summed E-state index contributed by atoms with van der Waals surface area (Å²) in [6.45, 7) is 0.219. The van der Waals surface area contributed by atoms with Crippen molar-refractivity contribution in [1.82, 2.24) is 0 Å². The van der Waals surface area contributed by atoms with Gasteiger partial charge in [-0.25, -0.2) is 4.39 Å². The molecule has 18 heavy (non-hydrogen) atoms. The second kappa shape index (κ2) is 5.91. The number of hydrogen-bond donors (Lipinski definition) is 0. The van der Waals surface area contributed by atoms with Crippen molar-refractivity contribution in [3.8, 4) is 5.75 Å². The predicted octanol–water partition coefficient (Wildman–Crippen LogP) is 5.47. The van der Waals surface area contributed by atoms with E-state index in [0.29, 0.717) is 25.8 Å². The van der Waals surface area contributed by atoms with Gasteiger partial charge in [-0.2, -0.15) is 0 Å². The van der Waals surface area contributed by atoms with E-state index < -0.39 is 0 Å². The number of hydrogen-bond acceptors (Lipinski definition) is 1. The van der Waals surface area contributed by atoms with E-state index in [1.165, 1.54) is 12.1 Å².